The maximum Gasteiger partial charge on any atom is 0.0800 e. The Kier molecular flexibility index (Phi) is 10.0. The SMILES string of the molecule is C=C[C@](C)(O)CC/C=C(\C)C[C@H](O)/C=C(\C)CCC=C(C)C. The first-order valence-corrected chi connectivity index (χ1v) is 8.16. The van der Waals surface area contributed by atoms with Gasteiger partial charge in [-0.3, -0.25) is 0 Å². The summed E-state index contributed by atoms with van der Waals surface area (Å²) in [6.45, 7) is 13.7. The van der Waals surface area contributed by atoms with Crippen LogP contribution in [0.2, 0.25) is 0 Å². The molecule has 126 valence electrons. The molecule has 22 heavy (non-hydrogen) atoms. The zero-order chi connectivity index (χ0) is 17.2. The molecular formula is C20H34O2. The maximum atomic E-state index is 10.1. The quantitative estimate of drug-likeness (QED) is 0.552. The van der Waals surface area contributed by atoms with E-state index in [4.69, 9.17) is 0 Å². The molecule has 0 saturated heterocycles. The van der Waals surface area contributed by atoms with E-state index < -0.39 is 11.7 Å². The van der Waals surface area contributed by atoms with E-state index in [1.54, 1.807) is 13.0 Å². The van der Waals surface area contributed by atoms with Crippen molar-refractivity contribution in [3.05, 3.63) is 47.6 Å². The van der Waals surface area contributed by atoms with Crippen LogP contribution in [0.3, 0.4) is 0 Å². The number of rotatable bonds is 10. The van der Waals surface area contributed by atoms with Gasteiger partial charge in [-0.2, -0.15) is 0 Å². The van der Waals surface area contributed by atoms with Crippen LogP contribution in [0.5, 0.6) is 0 Å². The van der Waals surface area contributed by atoms with Crippen LogP contribution in [0.1, 0.15) is 66.7 Å². The Morgan fingerprint density at radius 3 is 2.27 bits per heavy atom. The average Bonchev–Trinajstić information content (AvgIpc) is 2.37. The predicted molar refractivity (Wildman–Crippen MR) is 96.9 cm³/mol. The second-order valence-corrected chi connectivity index (χ2v) is 6.76. The summed E-state index contributed by atoms with van der Waals surface area (Å²) in [6, 6.07) is 0. The van der Waals surface area contributed by atoms with Crippen LogP contribution in [0.15, 0.2) is 47.6 Å². The van der Waals surface area contributed by atoms with E-state index in [9.17, 15) is 10.2 Å². The van der Waals surface area contributed by atoms with E-state index in [0.717, 1.165) is 24.8 Å². The van der Waals surface area contributed by atoms with Crippen molar-refractivity contribution >= 4 is 0 Å². The van der Waals surface area contributed by atoms with Gasteiger partial charge in [0.2, 0.25) is 0 Å². The van der Waals surface area contributed by atoms with Gasteiger partial charge < -0.3 is 10.2 Å². The lowest BCUT2D eigenvalue weighted by Crippen LogP contribution is -2.19. The summed E-state index contributed by atoms with van der Waals surface area (Å²) >= 11 is 0. The molecule has 0 saturated carbocycles. The highest BCUT2D eigenvalue weighted by Gasteiger charge is 2.13. The molecule has 0 aliphatic rings. The van der Waals surface area contributed by atoms with Crippen LogP contribution in [0.4, 0.5) is 0 Å². The van der Waals surface area contributed by atoms with Gasteiger partial charge in [0.1, 0.15) is 0 Å². The third kappa shape index (κ3) is 11.5. The number of hydrogen-bond donors (Lipinski definition) is 2. The molecule has 0 aromatic rings. The molecule has 0 bridgehead atoms. The summed E-state index contributed by atoms with van der Waals surface area (Å²) in [7, 11) is 0. The first-order chi connectivity index (χ1) is 10.2. The molecular weight excluding hydrogens is 272 g/mol. The van der Waals surface area contributed by atoms with Gasteiger partial charge in [-0.25, -0.2) is 0 Å². The lowest BCUT2D eigenvalue weighted by molar-refractivity contribution is 0.103. The van der Waals surface area contributed by atoms with E-state index in [-0.39, 0.29) is 0 Å². The van der Waals surface area contributed by atoms with E-state index in [1.165, 1.54) is 11.1 Å². The third-order valence-corrected chi connectivity index (χ3v) is 3.68. The fourth-order valence-electron chi connectivity index (χ4n) is 2.19. The Morgan fingerprint density at radius 2 is 1.73 bits per heavy atom. The van der Waals surface area contributed by atoms with Crippen molar-refractivity contribution in [3.63, 3.8) is 0 Å². The molecule has 0 heterocycles. The largest absolute Gasteiger partial charge is 0.389 e. The molecule has 0 unspecified atom stereocenters. The second-order valence-electron chi connectivity index (χ2n) is 6.76. The Labute approximate surface area is 137 Å². The van der Waals surface area contributed by atoms with Crippen molar-refractivity contribution in [3.8, 4) is 0 Å². The van der Waals surface area contributed by atoms with Gasteiger partial charge in [-0.05, 0) is 66.7 Å². The maximum absolute atomic E-state index is 10.1. The molecule has 2 N–H and O–H groups in total. The molecule has 2 atom stereocenters. The smallest absolute Gasteiger partial charge is 0.0800 e. The van der Waals surface area contributed by atoms with Crippen molar-refractivity contribution in [1.29, 1.82) is 0 Å². The summed E-state index contributed by atoms with van der Waals surface area (Å²) in [5.74, 6) is 0. The molecule has 0 aromatic carbocycles. The van der Waals surface area contributed by atoms with Gasteiger partial charge in [0, 0.05) is 0 Å². The van der Waals surface area contributed by atoms with Crippen LogP contribution in [-0.2, 0) is 0 Å². The molecule has 0 radical (unpaired) electrons. The Hall–Kier alpha value is -1.12. The highest BCUT2D eigenvalue weighted by Crippen LogP contribution is 2.16. The van der Waals surface area contributed by atoms with Gasteiger partial charge in [0.25, 0.3) is 0 Å². The highest BCUT2D eigenvalue weighted by atomic mass is 16.3. The number of aliphatic hydroxyl groups excluding tert-OH is 1. The predicted octanol–water partition coefficient (Wildman–Crippen LogP) is 5.09. The molecule has 0 aliphatic heterocycles. The van der Waals surface area contributed by atoms with E-state index >= 15 is 0 Å². The monoisotopic (exact) mass is 306 g/mol. The van der Waals surface area contributed by atoms with Crippen molar-refractivity contribution < 1.29 is 10.2 Å². The van der Waals surface area contributed by atoms with Crippen LogP contribution < -0.4 is 0 Å². The van der Waals surface area contributed by atoms with Crippen LogP contribution in [0.25, 0.3) is 0 Å². The second kappa shape index (κ2) is 10.6. The van der Waals surface area contributed by atoms with Crippen molar-refractivity contribution in [2.75, 3.05) is 0 Å². The van der Waals surface area contributed by atoms with Gasteiger partial charge in [-0.1, -0.05) is 41.0 Å². The topological polar surface area (TPSA) is 40.5 Å². The highest BCUT2D eigenvalue weighted by molar-refractivity contribution is 5.09. The molecule has 0 aliphatic carbocycles. The Balaban J connectivity index is 4.25. The minimum absolute atomic E-state index is 0.428. The molecule has 0 fully saturated rings. The van der Waals surface area contributed by atoms with Crippen LogP contribution >= 0.6 is 0 Å². The van der Waals surface area contributed by atoms with Crippen molar-refractivity contribution in [2.24, 2.45) is 0 Å². The Bertz CT molecular complexity index is 421. The van der Waals surface area contributed by atoms with Gasteiger partial charge >= 0.3 is 0 Å². The number of allylic oxidation sites excluding steroid dienone is 4. The normalized spacial score (nSPS) is 16.9. The zero-order valence-corrected chi connectivity index (χ0v) is 15.0. The average molecular weight is 306 g/mol. The molecule has 2 heteroatoms. The lowest BCUT2D eigenvalue weighted by Gasteiger charge is -2.17. The summed E-state index contributed by atoms with van der Waals surface area (Å²) in [5, 5.41) is 20.0. The number of hydrogen-bond acceptors (Lipinski definition) is 2. The molecule has 0 amide bonds. The summed E-state index contributed by atoms with van der Waals surface area (Å²) in [6.07, 6.45) is 11.5. The summed E-state index contributed by atoms with van der Waals surface area (Å²) < 4.78 is 0. The van der Waals surface area contributed by atoms with Gasteiger partial charge in [0.05, 0.1) is 11.7 Å². The Morgan fingerprint density at radius 1 is 1.09 bits per heavy atom. The van der Waals surface area contributed by atoms with Crippen molar-refractivity contribution in [1.82, 2.24) is 0 Å². The van der Waals surface area contributed by atoms with Gasteiger partial charge in [-0.15, -0.1) is 6.58 Å². The zero-order valence-electron chi connectivity index (χ0n) is 15.0. The molecule has 2 nitrogen and oxygen atoms in total. The molecule has 0 aromatic heterocycles. The molecule has 0 spiro atoms. The first-order valence-electron chi connectivity index (χ1n) is 8.16. The standard InChI is InChI=1S/C20H34O2/c1-7-20(6,22)13-9-12-18(5)15-19(21)14-17(4)11-8-10-16(2)3/h7,10,12,14,19,21-22H,1,8-9,11,13,15H2,2-6H3/b17-14+,18-12+/t19-,20+/m1/s1. The van der Waals surface area contributed by atoms with Crippen LogP contribution in [0, 0.1) is 0 Å². The third-order valence-electron chi connectivity index (χ3n) is 3.68. The van der Waals surface area contributed by atoms with Crippen LogP contribution in [-0.4, -0.2) is 21.9 Å². The summed E-state index contributed by atoms with van der Waals surface area (Å²) in [5.41, 5.74) is 2.91. The summed E-state index contributed by atoms with van der Waals surface area (Å²) in [4.78, 5) is 0. The minimum atomic E-state index is -0.809. The van der Waals surface area contributed by atoms with Crippen molar-refractivity contribution in [2.45, 2.75) is 78.4 Å². The fraction of sp³-hybridized carbons (Fsp3) is 0.600. The molecule has 0 rings (SSSR count). The number of aliphatic hydroxyl groups is 2. The van der Waals surface area contributed by atoms with E-state index in [1.807, 2.05) is 13.0 Å². The van der Waals surface area contributed by atoms with Gasteiger partial charge in [0.15, 0.2) is 0 Å². The minimum Gasteiger partial charge on any atom is -0.389 e. The lowest BCUT2D eigenvalue weighted by atomic mass is 9.98. The van der Waals surface area contributed by atoms with E-state index in [2.05, 4.69) is 39.5 Å². The fourth-order valence-corrected chi connectivity index (χ4v) is 2.19. The van der Waals surface area contributed by atoms with E-state index in [0.29, 0.717) is 12.8 Å². The first kappa shape index (κ1) is 20.9.